The van der Waals surface area contributed by atoms with Crippen molar-refractivity contribution in [3.63, 3.8) is 0 Å². The summed E-state index contributed by atoms with van der Waals surface area (Å²) < 4.78 is 18.6. The zero-order chi connectivity index (χ0) is 17.9. The molecule has 0 aliphatic rings. The van der Waals surface area contributed by atoms with E-state index in [0.717, 1.165) is 0 Å². The summed E-state index contributed by atoms with van der Waals surface area (Å²) in [5.74, 6) is 0.567. The van der Waals surface area contributed by atoms with Crippen molar-refractivity contribution in [2.45, 2.75) is 32.7 Å². The number of oxazole rings is 1. The van der Waals surface area contributed by atoms with Gasteiger partial charge < -0.3 is 14.6 Å². The van der Waals surface area contributed by atoms with Crippen LogP contribution >= 0.6 is 0 Å². The Labute approximate surface area is 141 Å². The Morgan fingerprint density at radius 1 is 1.29 bits per heavy atom. The van der Waals surface area contributed by atoms with Crippen molar-refractivity contribution in [2.24, 2.45) is 0 Å². The van der Waals surface area contributed by atoms with Gasteiger partial charge in [0.1, 0.15) is 11.6 Å². The fourth-order valence-corrected chi connectivity index (χ4v) is 2.00. The lowest BCUT2D eigenvalue weighted by Crippen LogP contribution is -2.48. The summed E-state index contributed by atoms with van der Waals surface area (Å²) in [6.45, 7) is 6.43. The van der Waals surface area contributed by atoms with Crippen LogP contribution in [0.4, 0.5) is 4.39 Å². The molecule has 24 heavy (non-hydrogen) atoms. The van der Waals surface area contributed by atoms with E-state index in [4.69, 9.17) is 4.42 Å². The molecule has 0 aliphatic carbocycles. The molecule has 0 saturated heterocycles. The molecular formula is C18H24FN3O2. The fourth-order valence-electron chi connectivity index (χ4n) is 2.00. The van der Waals surface area contributed by atoms with Gasteiger partial charge in [0.2, 0.25) is 11.8 Å². The first-order chi connectivity index (χ1) is 11.2. The summed E-state index contributed by atoms with van der Waals surface area (Å²) in [5, 5.41) is 2.92. The van der Waals surface area contributed by atoms with Gasteiger partial charge in [-0.3, -0.25) is 4.79 Å². The lowest BCUT2D eigenvalue weighted by molar-refractivity contribution is -0.121. The van der Waals surface area contributed by atoms with Crippen LogP contribution in [0.2, 0.25) is 0 Å². The van der Waals surface area contributed by atoms with Gasteiger partial charge in [0.05, 0.1) is 12.1 Å². The normalized spacial score (nSPS) is 11.8. The van der Waals surface area contributed by atoms with Crippen molar-refractivity contribution >= 4 is 5.91 Å². The van der Waals surface area contributed by atoms with Crippen LogP contribution in [0.1, 0.15) is 25.3 Å². The van der Waals surface area contributed by atoms with Crippen molar-refractivity contribution in [1.82, 2.24) is 15.2 Å². The van der Waals surface area contributed by atoms with E-state index in [1.54, 1.807) is 19.1 Å². The predicted octanol–water partition coefficient (Wildman–Crippen LogP) is 2.79. The number of halogens is 1. The number of carbonyl (C=O) groups excluding carboxylic acids is 1. The number of benzene rings is 1. The van der Waals surface area contributed by atoms with Crippen LogP contribution < -0.4 is 5.32 Å². The molecule has 1 amide bonds. The highest BCUT2D eigenvalue weighted by molar-refractivity contribution is 5.78. The van der Waals surface area contributed by atoms with Gasteiger partial charge in [-0.25, -0.2) is 9.37 Å². The minimum atomic E-state index is -0.315. The second-order valence-electron chi connectivity index (χ2n) is 6.69. The molecule has 0 aliphatic heterocycles. The Morgan fingerprint density at radius 2 is 1.92 bits per heavy atom. The summed E-state index contributed by atoms with van der Waals surface area (Å²) in [7, 11) is 3.95. The number of amides is 1. The average Bonchev–Trinajstić information content (AvgIpc) is 2.87. The highest BCUT2D eigenvalue weighted by Gasteiger charge is 2.22. The molecular weight excluding hydrogens is 309 g/mol. The smallest absolute Gasteiger partial charge is 0.226 e. The monoisotopic (exact) mass is 333 g/mol. The highest BCUT2D eigenvalue weighted by Crippen LogP contribution is 2.22. The van der Waals surface area contributed by atoms with Crippen LogP contribution in [-0.4, -0.2) is 42.0 Å². The Kier molecular flexibility index (Phi) is 5.39. The molecule has 2 rings (SSSR count). The van der Waals surface area contributed by atoms with E-state index < -0.39 is 0 Å². The second kappa shape index (κ2) is 7.13. The number of hydrogen-bond acceptors (Lipinski definition) is 4. The minimum absolute atomic E-state index is 0.105. The average molecular weight is 333 g/mol. The first-order valence-electron chi connectivity index (χ1n) is 7.85. The largest absolute Gasteiger partial charge is 0.441 e. The van der Waals surface area contributed by atoms with E-state index in [2.05, 4.69) is 29.0 Å². The summed E-state index contributed by atoms with van der Waals surface area (Å²) >= 11 is 0. The van der Waals surface area contributed by atoms with E-state index in [1.807, 2.05) is 14.1 Å². The predicted molar refractivity (Wildman–Crippen MR) is 91.1 cm³/mol. The van der Waals surface area contributed by atoms with E-state index in [0.29, 0.717) is 29.5 Å². The van der Waals surface area contributed by atoms with Crippen LogP contribution in [0.3, 0.4) is 0 Å². The number of aromatic nitrogens is 1. The molecule has 0 radical (unpaired) electrons. The highest BCUT2D eigenvalue weighted by atomic mass is 19.1. The third-order valence-electron chi connectivity index (χ3n) is 4.24. The third-order valence-corrected chi connectivity index (χ3v) is 4.24. The Bertz CT molecular complexity index is 706. The molecule has 1 heterocycles. The van der Waals surface area contributed by atoms with Crippen molar-refractivity contribution in [2.75, 3.05) is 20.6 Å². The maximum Gasteiger partial charge on any atom is 0.226 e. The second-order valence-corrected chi connectivity index (χ2v) is 6.69. The Morgan fingerprint density at radius 3 is 2.50 bits per heavy atom. The molecule has 0 bridgehead atoms. The molecule has 130 valence electrons. The topological polar surface area (TPSA) is 58.4 Å². The van der Waals surface area contributed by atoms with Crippen molar-refractivity contribution < 1.29 is 13.6 Å². The summed E-state index contributed by atoms with van der Waals surface area (Å²) in [5.41, 5.74) is 1.14. The maximum absolute atomic E-state index is 13.0. The molecule has 0 atom stereocenters. The summed E-state index contributed by atoms with van der Waals surface area (Å²) in [6.07, 6.45) is 0.153. The summed E-state index contributed by atoms with van der Waals surface area (Å²) in [4.78, 5) is 18.6. The molecule has 0 saturated carbocycles. The van der Waals surface area contributed by atoms with E-state index in [-0.39, 0.29) is 23.7 Å². The number of hydrogen-bond donors (Lipinski definition) is 1. The minimum Gasteiger partial charge on any atom is -0.441 e. The Hall–Kier alpha value is -2.21. The molecule has 0 unspecified atom stereocenters. The third kappa shape index (κ3) is 4.41. The SMILES string of the molecule is Cc1oc(-c2ccc(F)cc2)nc1CC(=O)NCC(C)(C)N(C)C. The van der Waals surface area contributed by atoms with Crippen molar-refractivity contribution in [3.8, 4) is 11.5 Å². The van der Waals surface area contributed by atoms with Gasteiger partial charge in [0.15, 0.2) is 0 Å². The van der Waals surface area contributed by atoms with E-state index >= 15 is 0 Å². The van der Waals surface area contributed by atoms with E-state index in [1.165, 1.54) is 12.1 Å². The molecule has 0 spiro atoms. The number of carbonyl (C=O) groups is 1. The number of rotatable bonds is 6. The van der Waals surface area contributed by atoms with Crippen molar-refractivity contribution in [1.29, 1.82) is 0 Å². The van der Waals surface area contributed by atoms with Crippen LogP contribution in [0.5, 0.6) is 0 Å². The van der Waals surface area contributed by atoms with E-state index in [9.17, 15) is 9.18 Å². The van der Waals surface area contributed by atoms with Crippen LogP contribution in [0.15, 0.2) is 28.7 Å². The quantitative estimate of drug-likeness (QED) is 0.883. The van der Waals surface area contributed by atoms with Crippen LogP contribution in [0, 0.1) is 12.7 Å². The molecule has 6 heteroatoms. The van der Waals surface area contributed by atoms with Crippen LogP contribution in [-0.2, 0) is 11.2 Å². The lowest BCUT2D eigenvalue weighted by Gasteiger charge is -2.32. The van der Waals surface area contributed by atoms with Gasteiger partial charge in [-0.15, -0.1) is 0 Å². The van der Waals surface area contributed by atoms with Gasteiger partial charge in [0.25, 0.3) is 0 Å². The zero-order valence-electron chi connectivity index (χ0n) is 14.8. The standard InChI is InChI=1S/C18H24FN3O2/c1-12-15(10-16(23)20-11-18(2,3)22(4)5)21-17(24-12)13-6-8-14(19)9-7-13/h6-9H,10-11H2,1-5H3,(H,20,23). The molecule has 2 aromatic rings. The van der Waals surface area contributed by atoms with Gasteiger partial charge in [0, 0.05) is 17.6 Å². The zero-order valence-corrected chi connectivity index (χ0v) is 14.8. The number of nitrogens with one attached hydrogen (secondary N) is 1. The van der Waals surface area contributed by atoms with Gasteiger partial charge >= 0.3 is 0 Å². The maximum atomic E-state index is 13.0. The first kappa shape index (κ1) is 18.1. The van der Waals surface area contributed by atoms with Gasteiger partial charge in [-0.2, -0.15) is 0 Å². The molecule has 5 nitrogen and oxygen atoms in total. The Balaban J connectivity index is 2.03. The van der Waals surface area contributed by atoms with Crippen LogP contribution in [0.25, 0.3) is 11.5 Å². The molecule has 1 aromatic heterocycles. The number of likely N-dealkylation sites (N-methyl/N-ethyl adjacent to an activating group) is 1. The first-order valence-corrected chi connectivity index (χ1v) is 7.85. The van der Waals surface area contributed by atoms with Crippen molar-refractivity contribution in [3.05, 3.63) is 41.5 Å². The fraction of sp³-hybridized carbons (Fsp3) is 0.444. The molecule has 1 aromatic carbocycles. The van der Waals surface area contributed by atoms with Gasteiger partial charge in [-0.05, 0) is 59.1 Å². The lowest BCUT2D eigenvalue weighted by atomic mass is 10.0. The number of nitrogens with zero attached hydrogens (tertiary/aromatic N) is 2. The molecule has 1 N–H and O–H groups in total. The summed E-state index contributed by atoms with van der Waals surface area (Å²) in [6, 6.07) is 5.91. The number of aryl methyl sites for hydroxylation is 1. The molecule has 0 fully saturated rings. The van der Waals surface area contributed by atoms with Gasteiger partial charge in [-0.1, -0.05) is 0 Å².